The Morgan fingerprint density at radius 1 is 0.929 bits per heavy atom. The number of aromatic hydroxyl groups is 1. The summed E-state index contributed by atoms with van der Waals surface area (Å²) < 4.78 is 0. The van der Waals surface area contributed by atoms with Crippen molar-refractivity contribution in [1.29, 1.82) is 0 Å². The Bertz CT molecular complexity index is 858. The molecular formula is C22H25N3O3. The van der Waals surface area contributed by atoms with E-state index in [1.807, 2.05) is 52.3 Å². The number of rotatable bonds is 4. The van der Waals surface area contributed by atoms with E-state index in [0.717, 1.165) is 29.9 Å². The molecule has 0 unspecified atom stereocenters. The fraction of sp³-hybridized carbons (Fsp3) is 0.364. The van der Waals surface area contributed by atoms with Gasteiger partial charge in [0.1, 0.15) is 5.75 Å². The first-order chi connectivity index (χ1) is 13.6. The highest BCUT2D eigenvalue weighted by Crippen LogP contribution is 2.27. The third-order valence-corrected chi connectivity index (χ3v) is 5.53. The molecule has 6 heteroatoms. The summed E-state index contributed by atoms with van der Waals surface area (Å²) in [7, 11) is 0. The Labute approximate surface area is 165 Å². The molecule has 6 nitrogen and oxygen atoms in total. The number of nitrogens with zero attached hydrogens (tertiary/aromatic N) is 3. The van der Waals surface area contributed by atoms with Crippen LogP contribution in [0.3, 0.4) is 0 Å². The molecule has 2 amide bonds. The van der Waals surface area contributed by atoms with Crippen molar-refractivity contribution in [3.05, 3.63) is 54.1 Å². The third-order valence-electron chi connectivity index (χ3n) is 5.53. The molecule has 0 aliphatic carbocycles. The molecule has 28 heavy (non-hydrogen) atoms. The number of amides is 2. The zero-order chi connectivity index (χ0) is 19.5. The average Bonchev–Trinajstić information content (AvgIpc) is 3.15. The van der Waals surface area contributed by atoms with Crippen molar-refractivity contribution in [3.8, 4) is 5.75 Å². The van der Waals surface area contributed by atoms with Crippen molar-refractivity contribution in [1.82, 2.24) is 4.90 Å². The first-order valence-corrected chi connectivity index (χ1v) is 9.82. The van der Waals surface area contributed by atoms with Gasteiger partial charge in [0.25, 0.3) is 0 Å². The number of para-hydroxylation sites is 2. The zero-order valence-electron chi connectivity index (χ0n) is 15.9. The fourth-order valence-corrected chi connectivity index (χ4v) is 3.93. The van der Waals surface area contributed by atoms with Gasteiger partial charge in [0, 0.05) is 44.8 Å². The monoisotopic (exact) mass is 379 g/mol. The molecule has 2 aromatic rings. The number of phenols is 1. The Morgan fingerprint density at radius 2 is 1.64 bits per heavy atom. The van der Waals surface area contributed by atoms with Crippen molar-refractivity contribution in [3.63, 3.8) is 0 Å². The lowest BCUT2D eigenvalue weighted by Crippen LogP contribution is -2.49. The van der Waals surface area contributed by atoms with Gasteiger partial charge in [-0.05, 0) is 36.2 Å². The summed E-state index contributed by atoms with van der Waals surface area (Å²) in [4.78, 5) is 30.3. The molecule has 2 aliphatic rings. The number of carbonyl (C=O) groups is 2. The lowest BCUT2D eigenvalue weighted by atomic mass is 10.1. The van der Waals surface area contributed by atoms with Crippen LogP contribution in [0.25, 0.3) is 0 Å². The minimum atomic E-state index is 0.113. The van der Waals surface area contributed by atoms with Crippen LogP contribution in [0, 0.1) is 0 Å². The molecule has 4 rings (SSSR count). The summed E-state index contributed by atoms with van der Waals surface area (Å²) in [5, 5.41) is 10.0. The molecule has 0 bridgehead atoms. The second-order valence-electron chi connectivity index (χ2n) is 7.35. The molecule has 0 saturated carbocycles. The molecule has 2 aromatic carbocycles. The predicted octanol–water partition coefficient (Wildman–Crippen LogP) is 2.41. The lowest BCUT2D eigenvalue weighted by molar-refractivity contribution is -0.130. The Morgan fingerprint density at radius 3 is 2.29 bits per heavy atom. The van der Waals surface area contributed by atoms with E-state index in [0.29, 0.717) is 39.0 Å². The highest BCUT2D eigenvalue weighted by atomic mass is 16.3. The second-order valence-corrected chi connectivity index (χ2v) is 7.35. The molecule has 2 heterocycles. The molecular weight excluding hydrogens is 354 g/mol. The van der Waals surface area contributed by atoms with Crippen LogP contribution >= 0.6 is 0 Å². The summed E-state index contributed by atoms with van der Waals surface area (Å²) in [5.41, 5.74) is 2.69. The number of anilines is 2. The first kappa shape index (κ1) is 18.3. The van der Waals surface area contributed by atoms with E-state index in [-0.39, 0.29) is 17.6 Å². The van der Waals surface area contributed by atoms with Gasteiger partial charge in [0.2, 0.25) is 11.8 Å². The van der Waals surface area contributed by atoms with E-state index in [2.05, 4.69) is 4.90 Å². The zero-order valence-corrected chi connectivity index (χ0v) is 15.9. The van der Waals surface area contributed by atoms with Crippen molar-refractivity contribution in [2.24, 2.45) is 0 Å². The highest BCUT2D eigenvalue weighted by Gasteiger charge is 2.24. The molecule has 0 atom stereocenters. The molecule has 0 aromatic heterocycles. The molecule has 1 N–H and O–H groups in total. The van der Waals surface area contributed by atoms with Crippen LogP contribution in [-0.4, -0.2) is 54.5 Å². The number of phenolic OH excluding ortho intramolecular Hbond substituents is 1. The number of benzene rings is 2. The van der Waals surface area contributed by atoms with Crippen molar-refractivity contribution < 1.29 is 14.7 Å². The molecule has 2 saturated heterocycles. The Hall–Kier alpha value is -3.02. The van der Waals surface area contributed by atoms with E-state index < -0.39 is 0 Å². The van der Waals surface area contributed by atoms with E-state index in [9.17, 15) is 14.7 Å². The average molecular weight is 379 g/mol. The van der Waals surface area contributed by atoms with Gasteiger partial charge in [-0.3, -0.25) is 9.59 Å². The van der Waals surface area contributed by atoms with Gasteiger partial charge in [-0.15, -0.1) is 0 Å². The third kappa shape index (κ3) is 3.81. The summed E-state index contributed by atoms with van der Waals surface area (Å²) in [6, 6.07) is 15.1. The topological polar surface area (TPSA) is 64.1 Å². The number of piperazine rings is 1. The second kappa shape index (κ2) is 7.92. The largest absolute Gasteiger partial charge is 0.506 e. The number of hydrogen-bond acceptors (Lipinski definition) is 4. The summed E-state index contributed by atoms with van der Waals surface area (Å²) in [6.45, 7) is 3.48. The molecule has 146 valence electrons. The fourth-order valence-electron chi connectivity index (χ4n) is 3.93. The normalized spacial score (nSPS) is 17.3. The van der Waals surface area contributed by atoms with Crippen molar-refractivity contribution in [2.75, 3.05) is 42.5 Å². The van der Waals surface area contributed by atoms with Crippen molar-refractivity contribution >= 4 is 23.2 Å². The summed E-state index contributed by atoms with van der Waals surface area (Å²) in [6.07, 6.45) is 1.89. The summed E-state index contributed by atoms with van der Waals surface area (Å²) in [5.74, 6) is 0.562. The molecule has 2 aliphatic heterocycles. The number of hydrogen-bond donors (Lipinski definition) is 1. The standard InChI is InChI=1S/C22H25N3O3/c26-20-5-2-1-4-19(20)23-12-14-24(15-13-23)22(28)16-17-7-9-18(10-8-17)25-11-3-6-21(25)27/h1-2,4-5,7-10,26H,3,6,11-16H2. The van der Waals surface area contributed by atoms with Crippen LogP contribution in [0.2, 0.25) is 0 Å². The van der Waals surface area contributed by atoms with E-state index in [1.165, 1.54) is 0 Å². The highest BCUT2D eigenvalue weighted by molar-refractivity contribution is 5.95. The van der Waals surface area contributed by atoms with Crippen LogP contribution in [0.15, 0.2) is 48.5 Å². The SMILES string of the molecule is O=C(Cc1ccc(N2CCCC2=O)cc1)N1CCN(c2ccccc2O)CC1. The van der Waals surface area contributed by atoms with Gasteiger partial charge in [0.15, 0.2) is 0 Å². The molecule has 0 spiro atoms. The van der Waals surface area contributed by atoms with Crippen LogP contribution in [0.5, 0.6) is 5.75 Å². The van der Waals surface area contributed by atoms with Crippen molar-refractivity contribution in [2.45, 2.75) is 19.3 Å². The Kier molecular flexibility index (Phi) is 5.19. The van der Waals surface area contributed by atoms with E-state index in [4.69, 9.17) is 0 Å². The maximum atomic E-state index is 12.7. The number of carbonyl (C=O) groups excluding carboxylic acids is 2. The van der Waals surface area contributed by atoms with Crippen LogP contribution in [0.1, 0.15) is 18.4 Å². The van der Waals surface area contributed by atoms with Gasteiger partial charge >= 0.3 is 0 Å². The van der Waals surface area contributed by atoms with Gasteiger partial charge in [-0.2, -0.15) is 0 Å². The predicted molar refractivity (Wildman–Crippen MR) is 109 cm³/mol. The minimum Gasteiger partial charge on any atom is -0.506 e. The maximum Gasteiger partial charge on any atom is 0.227 e. The quantitative estimate of drug-likeness (QED) is 0.886. The lowest BCUT2D eigenvalue weighted by Gasteiger charge is -2.36. The molecule has 0 radical (unpaired) electrons. The van der Waals surface area contributed by atoms with Gasteiger partial charge in [-0.25, -0.2) is 0 Å². The van der Waals surface area contributed by atoms with E-state index in [1.54, 1.807) is 6.07 Å². The Balaban J connectivity index is 1.32. The van der Waals surface area contributed by atoms with Crippen LogP contribution in [-0.2, 0) is 16.0 Å². The maximum absolute atomic E-state index is 12.7. The van der Waals surface area contributed by atoms with E-state index >= 15 is 0 Å². The molecule has 2 fully saturated rings. The van der Waals surface area contributed by atoms with Gasteiger partial charge in [0.05, 0.1) is 12.1 Å². The van der Waals surface area contributed by atoms with Crippen LogP contribution < -0.4 is 9.80 Å². The minimum absolute atomic E-state index is 0.113. The van der Waals surface area contributed by atoms with Crippen LogP contribution in [0.4, 0.5) is 11.4 Å². The summed E-state index contributed by atoms with van der Waals surface area (Å²) >= 11 is 0. The van der Waals surface area contributed by atoms with Gasteiger partial charge < -0.3 is 19.8 Å². The smallest absolute Gasteiger partial charge is 0.227 e. The first-order valence-electron chi connectivity index (χ1n) is 9.82. The van der Waals surface area contributed by atoms with Gasteiger partial charge in [-0.1, -0.05) is 24.3 Å².